The average molecular weight is 398 g/mol. The number of rotatable bonds is 3. The van der Waals surface area contributed by atoms with Crippen molar-refractivity contribution in [1.29, 1.82) is 0 Å². The van der Waals surface area contributed by atoms with Crippen LogP contribution in [-0.2, 0) is 4.79 Å². The maximum Gasteiger partial charge on any atom is 0.439 e. The van der Waals surface area contributed by atoms with Gasteiger partial charge >= 0.3 is 6.18 Å². The number of aliphatic hydroxyl groups is 1. The first kappa shape index (κ1) is 20.6. The van der Waals surface area contributed by atoms with Crippen molar-refractivity contribution in [3.8, 4) is 5.75 Å². The summed E-state index contributed by atoms with van der Waals surface area (Å²) < 4.78 is 47.1. The van der Waals surface area contributed by atoms with Gasteiger partial charge in [0.15, 0.2) is 6.61 Å². The molecule has 1 N–H and O–H groups in total. The zero-order chi connectivity index (χ0) is 20.7. The molecule has 2 atom stereocenters. The molecule has 1 heterocycles. The molecule has 0 saturated heterocycles. The maximum atomic E-state index is 13.8. The third-order valence-corrected chi connectivity index (χ3v) is 5.46. The highest BCUT2D eigenvalue weighted by molar-refractivity contribution is 5.93. The van der Waals surface area contributed by atoms with Gasteiger partial charge in [-0.25, -0.2) is 0 Å². The van der Waals surface area contributed by atoms with Crippen LogP contribution in [0.4, 0.5) is 13.2 Å². The van der Waals surface area contributed by atoms with Gasteiger partial charge in [-0.3, -0.25) is 4.79 Å². The monoisotopic (exact) mass is 398 g/mol. The van der Waals surface area contributed by atoms with Crippen LogP contribution in [0.25, 0.3) is 0 Å². The number of halogens is 3. The highest BCUT2D eigenvalue weighted by Crippen LogP contribution is 2.47. The molecule has 3 rings (SSSR count). The number of aryl methyl sites for hydroxylation is 3. The Hall–Kier alpha value is -2.09. The minimum absolute atomic E-state index is 0.148. The average Bonchev–Trinajstić information content (AvgIpc) is 2.74. The Morgan fingerprint density at radius 3 is 2.50 bits per heavy atom. The third kappa shape index (κ3) is 3.50. The van der Waals surface area contributed by atoms with Crippen LogP contribution in [0.2, 0.25) is 0 Å². The highest BCUT2D eigenvalue weighted by atomic mass is 19.4. The lowest BCUT2D eigenvalue weighted by Crippen LogP contribution is -2.61. The SMILES string of the molecule is Cc1cc(C)c(OCC(=O)N2N=C3CCCCC[C@@H]3[C@@]2(O)C(F)(F)F)c(C)c1. The number of carbonyl (C=O) groups is 1. The van der Waals surface area contributed by atoms with Gasteiger partial charge in [0.1, 0.15) is 5.75 Å². The second-order valence-corrected chi connectivity index (χ2v) is 7.69. The van der Waals surface area contributed by atoms with Crippen LogP contribution in [0.1, 0.15) is 48.8 Å². The van der Waals surface area contributed by atoms with E-state index in [1.165, 1.54) is 0 Å². The molecule has 0 bridgehead atoms. The van der Waals surface area contributed by atoms with Crippen molar-refractivity contribution in [3.05, 3.63) is 28.8 Å². The minimum Gasteiger partial charge on any atom is -0.483 e. The van der Waals surface area contributed by atoms with Crippen molar-refractivity contribution in [2.45, 2.75) is 64.8 Å². The molecule has 0 spiro atoms. The first-order valence-corrected chi connectivity index (χ1v) is 9.46. The lowest BCUT2D eigenvalue weighted by molar-refractivity contribution is -0.317. The topological polar surface area (TPSA) is 62.1 Å². The summed E-state index contributed by atoms with van der Waals surface area (Å²) in [6.45, 7) is 4.90. The van der Waals surface area contributed by atoms with Gasteiger partial charge in [0.05, 0.1) is 5.92 Å². The van der Waals surface area contributed by atoms with E-state index in [0.29, 0.717) is 25.0 Å². The summed E-state index contributed by atoms with van der Waals surface area (Å²) in [5, 5.41) is 14.7. The van der Waals surface area contributed by atoms with Gasteiger partial charge in [0, 0.05) is 5.71 Å². The Bertz CT molecular complexity index is 783. The highest BCUT2D eigenvalue weighted by Gasteiger charge is 2.68. The van der Waals surface area contributed by atoms with Gasteiger partial charge in [-0.15, -0.1) is 0 Å². The van der Waals surface area contributed by atoms with Crippen LogP contribution in [-0.4, -0.2) is 40.2 Å². The maximum absolute atomic E-state index is 13.8. The van der Waals surface area contributed by atoms with E-state index >= 15 is 0 Å². The Morgan fingerprint density at radius 2 is 1.89 bits per heavy atom. The first-order valence-electron chi connectivity index (χ1n) is 9.46. The number of hydrazone groups is 1. The molecule has 0 unspecified atom stereocenters. The zero-order valence-electron chi connectivity index (χ0n) is 16.3. The summed E-state index contributed by atoms with van der Waals surface area (Å²) in [5.41, 5.74) is -0.479. The summed E-state index contributed by atoms with van der Waals surface area (Å²) in [6, 6.07) is 3.74. The largest absolute Gasteiger partial charge is 0.483 e. The fourth-order valence-electron chi connectivity index (χ4n) is 4.23. The van der Waals surface area contributed by atoms with Crippen LogP contribution in [0.15, 0.2) is 17.2 Å². The van der Waals surface area contributed by atoms with Gasteiger partial charge in [-0.05, 0) is 51.2 Å². The Balaban J connectivity index is 1.85. The molecule has 1 aliphatic heterocycles. The Kier molecular flexibility index (Phi) is 5.44. The number of carbonyl (C=O) groups excluding carboxylic acids is 1. The molecular formula is C20H25F3N2O3. The van der Waals surface area contributed by atoms with E-state index in [1.54, 1.807) is 13.8 Å². The summed E-state index contributed by atoms with van der Waals surface area (Å²) in [6.07, 6.45) is -2.48. The number of fused-ring (bicyclic) bond motifs is 1. The second kappa shape index (κ2) is 7.39. The van der Waals surface area contributed by atoms with Crippen molar-refractivity contribution in [3.63, 3.8) is 0 Å². The third-order valence-electron chi connectivity index (χ3n) is 5.46. The molecule has 1 saturated carbocycles. The lowest BCUT2D eigenvalue weighted by atomic mass is 9.87. The van der Waals surface area contributed by atoms with Gasteiger partial charge < -0.3 is 9.84 Å². The predicted octanol–water partition coefficient (Wildman–Crippen LogP) is 4.02. The van der Waals surface area contributed by atoms with Gasteiger partial charge in [0.25, 0.3) is 11.6 Å². The van der Waals surface area contributed by atoms with Gasteiger partial charge in [-0.1, -0.05) is 30.5 Å². The van der Waals surface area contributed by atoms with E-state index in [0.717, 1.165) is 23.1 Å². The summed E-state index contributed by atoms with van der Waals surface area (Å²) >= 11 is 0. The first-order chi connectivity index (χ1) is 13.1. The van der Waals surface area contributed by atoms with E-state index in [4.69, 9.17) is 4.74 Å². The number of hydrogen-bond donors (Lipinski definition) is 1. The number of alkyl halides is 3. The van der Waals surface area contributed by atoms with Crippen LogP contribution in [0.5, 0.6) is 5.75 Å². The van der Waals surface area contributed by atoms with E-state index in [9.17, 15) is 23.1 Å². The molecule has 1 amide bonds. The zero-order valence-corrected chi connectivity index (χ0v) is 16.3. The molecule has 154 valence electrons. The van der Waals surface area contributed by atoms with Gasteiger partial charge in [0.2, 0.25) is 0 Å². The molecule has 0 aromatic heterocycles. The number of nitrogens with zero attached hydrogens (tertiary/aromatic N) is 2. The standard InChI is InChI=1S/C20H25F3N2O3/c1-12-9-13(2)18(14(3)10-12)28-11-17(26)25-19(27,20(21,22)23)15-7-5-4-6-8-16(15)24-25/h9-10,15,27H,4-8,11H2,1-3H3/t15-,19+/m0/s1. The molecule has 8 heteroatoms. The van der Waals surface area contributed by atoms with Crippen molar-refractivity contribution < 1.29 is 27.8 Å². The molecule has 5 nitrogen and oxygen atoms in total. The smallest absolute Gasteiger partial charge is 0.439 e. The van der Waals surface area contributed by atoms with Crippen molar-refractivity contribution >= 4 is 11.6 Å². The Labute approximate surface area is 162 Å². The van der Waals surface area contributed by atoms with E-state index in [-0.39, 0.29) is 17.1 Å². The van der Waals surface area contributed by atoms with Crippen LogP contribution >= 0.6 is 0 Å². The van der Waals surface area contributed by atoms with Crippen molar-refractivity contribution in [1.82, 2.24) is 5.01 Å². The number of hydrogen-bond acceptors (Lipinski definition) is 4. The summed E-state index contributed by atoms with van der Waals surface area (Å²) in [7, 11) is 0. The van der Waals surface area contributed by atoms with Crippen molar-refractivity contribution in [2.75, 3.05) is 6.61 Å². The lowest BCUT2D eigenvalue weighted by Gasteiger charge is -2.37. The number of amides is 1. The van der Waals surface area contributed by atoms with E-state index in [2.05, 4.69) is 5.10 Å². The Morgan fingerprint density at radius 1 is 1.25 bits per heavy atom. The summed E-state index contributed by atoms with van der Waals surface area (Å²) in [4.78, 5) is 12.6. The van der Waals surface area contributed by atoms with Crippen molar-refractivity contribution in [2.24, 2.45) is 11.0 Å². The number of benzene rings is 1. The summed E-state index contributed by atoms with van der Waals surface area (Å²) in [5.74, 6) is -1.78. The number of ether oxygens (including phenoxy) is 1. The quantitative estimate of drug-likeness (QED) is 0.837. The molecule has 1 fully saturated rings. The molecule has 0 radical (unpaired) electrons. The fraction of sp³-hybridized carbons (Fsp3) is 0.600. The second-order valence-electron chi connectivity index (χ2n) is 7.69. The molecule has 1 aliphatic carbocycles. The normalized spacial score (nSPS) is 25.2. The molecule has 28 heavy (non-hydrogen) atoms. The fourth-order valence-corrected chi connectivity index (χ4v) is 4.23. The molecule has 2 aliphatic rings. The molecule has 1 aromatic carbocycles. The predicted molar refractivity (Wildman–Crippen MR) is 98.0 cm³/mol. The van der Waals surface area contributed by atoms with Crippen LogP contribution in [0.3, 0.4) is 0 Å². The van der Waals surface area contributed by atoms with E-state index < -0.39 is 30.3 Å². The van der Waals surface area contributed by atoms with Gasteiger partial charge in [-0.2, -0.15) is 23.3 Å². The van der Waals surface area contributed by atoms with Crippen LogP contribution in [0, 0.1) is 26.7 Å². The molecule has 1 aromatic rings. The van der Waals surface area contributed by atoms with E-state index in [1.807, 2.05) is 19.1 Å². The minimum atomic E-state index is -5.02. The van der Waals surface area contributed by atoms with Crippen LogP contribution < -0.4 is 4.74 Å². The molecular weight excluding hydrogens is 373 g/mol.